The first-order valence-electron chi connectivity index (χ1n) is 6.12. The van der Waals surface area contributed by atoms with E-state index < -0.39 is 5.54 Å². The average molecular weight is 245 g/mol. The van der Waals surface area contributed by atoms with Crippen molar-refractivity contribution >= 4 is 5.97 Å². The summed E-state index contributed by atoms with van der Waals surface area (Å²) in [5, 5.41) is 0. The van der Waals surface area contributed by atoms with Crippen molar-refractivity contribution in [2.24, 2.45) is 5.73 Å². The molecule has 1 rings (SSSR count). The highest BCUT2D eigenvalue weighted by Crippen LogP contribution is 2.31. The van der Waals surface area contributed by atoms with Crippen molar-refractivity contribution in [2.45, 2.75) is 50.9 Å². The van der Waals surface area contributed by atoms with Gasteiger partial charge in [0.05, 0.1) is 25.4 Å². The molecule has 0 aromatic carbocycles. The molecule has 5 heteroatoms. The third-order valence-corrected chi connectivity index (χ3v) is 3.01. The topological polar surface area (TPSA) is 70.8 Å². The third kappa shape index (κ3) is 3.94. The Morgan fingerprint density at radius 1 is 1.59 bits per heavy atom. The van der Waals surface area contributed by atoms with E-state index in [-0.39, 0.29) is 18.2 Å². The predicted molar refractivity (Wildman–Crippen MR) is 63.6 cm³/mol. The molecule has 0 bridgehead atoms. The normalized spacial score (nSPS) is 30.2. The number of rotatable bonds is 6. The van der Waals surface area contributed by atoms with Crippen LogP contribution in [0.4, 0.5) is 0 Å². The minimum Gasteiger partial charge on any atom is -0.465 e. The van der Waals surface area contributed by atoms with Gasteiger partial charge >= 0.3 is 5.97 Å². The highest BCUT2D eigenvalue weighted by atomic mass is 16.5. The molecule has 0 aromatic rings. The maximum Gasteiger partial charge on any atom is 0.326 e. The minimum absolute atomic E-state index is 0.0227. The van der Waals surface area contributed by atoms with Gasteiger partial charge in [0.25, 0.3) is 0 Å². The summed E-state index contributed by atoms with van der Waals surface area (Å²) in [4.78, 5) is 11.7. The van der Waals surface area contributed by atoms with E-state index in [2.05, 4.69) is 0 Å². The van der Waals surface area contributed by atoms with Crippen molar-refractivity contribution in [2.75, 3.05) is 20.3 Å². The molecule has 1 aliphatic rings. The summed E-state index contributed by atoms with van der Waals surface area (Å²) >= 11 is 0. The lowest BCUT2D eigenvalue weighted by molar-refractivity contribution is -0.150. The lowest BCUT2D eigenvalue weighted by Gasteiger charge is -2.22. The molecule has 17 heavy (non-hydrogen) atoms. The van der Waals surface area contributed by atoms with Crippen LogP contribution in [0.2, 0.25) is 0 Å². The molecule has 0 radical (unpaired) electrons. The van der Waals surface area contributed by atoms with E-state index in [0.29, 0.717) is 26.1 Å². The van der Waals surface area contributed by atoms with E-state index in [1.807, 2.05) is 6.92 Å². The number of hydrogen-bond acceptors (Lipinski definition) is 5. The fourth-order valence-corrected chi connectivity index (χ4v) is 2.21. The molecular weight excluding hydrogens is 222 g/mol. The van der Waals surface area contributed by atoms with Crippen molar-refractivity contribution in [3.8, 4) is 0 Å². The molecular formula is C12H23NO4. The molecule has 0 aromatic heterocycles. The molecule has 0 aliphatic heterocycles. The molecule has 1 aliphatic carbocycles. The monoisotopic (exact) mass is 245 g/mol. The fraction of sp³-hybridized carbons (Fsp3) is 0.917. The quantitative estimate of drug-likeness (QED) is 0.702. The number of esters is 1. The average Bonchev–Trinajstić information content (AvgIpc) is 2.62. The standard InChI is InChI=1S/C12H23NO4/c1-4-16-11(14)12(13)6-5-10(7-12)17-9(2)8-15-3/h9-10H,4-8,13H2,1-3H3. The number of methoxy groups -OCH3 is 1. The summed E-state index contributed by atoms with van der Waals surface area (Å²) in [5.74, 6) is -0.314. The largest absolute Gasteiger partial charge is 0.465 e. The number of hydrogen-bond donors (Lipinski definition) is 1. The number of ether oxygens (including phenoxy) is 3. The Morgan fingerprint density at radius 2 is 2.29 bits per heavy atom. The zero-order chi connectivity index (χ0) is 12.9. The van der Waals surface area contributed by atoms with Crippen LogP contribution in [0.25, 0.3) is 0 Å². The first kappa shape index (κ1) is 14.4. The lowest BCUT2D eigenvalue weighted by atomic mass is 9.99. The second-order valence-corrected chi connectivity index (χ2v) is 4.64. The third-order valence-electron chi connectivity index (χ3n) is 3.01. The van der Waals surface area contributed by atoms with E-state index in [1.54, 1.807) is 14.0 Å². The van der Waals surface area contributed by atoms with Crippen molar-refractivity contribution in [1.29, 1.82) is 0 Å². The van der Waals surface area contributed by atoms with E-state index in [4.69, 9.17) is 19.9 Å². The highest BCUT2D eigenvalue weighted by Gasteiger charge is 2.44. The Bertz CT molecular complexity index is 259. The molecule has 0 heterocycles. The summed E-state index contributed by atoms with van der Waals surface area (Å²) < 4.78 is 15.8. The molecule has 0 amide bonds. The summed E-state index contributed by atoms with van der Waals surface area (Å²) in [6, 6.07) is 0. The Balaban J connectivity index is 2.43. The minimum atomic E-state index is -0.868. The van der Waals surface area contributed by atoms with Gasteiger partial charge in [0, 0.05) is 13.5 Å². The lowest BCUT2D eigenvalue weighted by Crippen LogP contribution is -2.47. The maximum atomic E-state index is 11.7. The van der Waals surface area contributed by atoms with Crippen molar-refractivity contribution in [3.05, 3.63) is 0 Å². The van der Waals surface area contributed by atoms with Gasteiger partial charge in [0.2, 0.25) is 0 Å². The van der Waals surface area contributed by atoms with Gasteiger partial charge in [-0.3, -0.25) is 4.79 Å². The maximum absolute atomic E-state index is 11.7. The van der Waals surface area contributed by atoms with Crippen LogP contribution in [-0.4, -0.2) is 44.0 Å². The first-order chi connectivity index (χ1) is 8.01. The Hall–Kier alpha value is -0.650. The van der Waals surface area contributed by atoms with Crippen LogP contribution in [0.15, 0.2) is 0 Å². The van der Waals surface area contributed by atoms with Gasteiger partial charge in [-0.2, -0.15) is 0 Å². The van der Waals surface area contributed by atoms with Gasteiger partial charge < -0.3 is 19.9 Å². The SMILES string of the molecule is CCOC(=O)C1(N)CCC(OC(C)COC)C1. The summed E-state index contributed by atoms with van der Waals surface area (Å²) in [5.41, 5.74) is 5.18. The van der Waals surface area contributed by atoms with Gasteiger partial charge in [-0.05, 0) is 26.7 Å². The van der Waals surface area contributed by atoms with Crippen LogP contribution >= 0.6 is 0 Å². The predicted octanol–water partition coefficient (Wildman–Crippen LogP) is 0.851. The zero-order valence-corrected chi connectivity index (χ0v) is 10.9. The van der Waals surface area contributed by atoms with E-state index in [1.165, 1.54) is 0 Å². The van der Waals surface area contributed by atoms with Crippen molar-refractivity contribution < 1.29 is 19.0 Å². The van der Waals surface area contributed by atoms with Crippen molar-refractivity contribution in [3.63, 3.8) is 0 Å². The fourth-order valence-electron chi connectivity index (χ4n) is 2.21. The van der Waals surface area contributed by atoms with Gasteiger partial charge in [0.1, 0.15) is 5.54 Å². The molecule has 5 nitrogen and oxygen atoms in total. The Morgan fingerprint density at radius 3 is 2.88 bits per heavy atom. The molecule has 1 fully saturated rings. The second-order valence-electron chi connectivity index (χ2n) is 4.64. The van der Waals surface area contributed by atoms with Crippen LogP contribution in [0, 0.1) is 0 Å². The Labute approximate surface area is 103 Å². The van der Waals surface area contributed by atoms with Gasteiger partial charge in [-0.1, -0.05) is 0 Å². The van der Waals surface area contributed by atoms with Crippen LogP contribution in [0.5, 0.6) is 0 Å². The van der Waals surface area contributed by atoms with Gasteiger partial charge in [-0.25, -0.2) is 0 Å². The molecule has 100 valence electrons. The molecule has 3 atom stereocenters. The highest BCUT2D eigenvalue weighted by molar-refractivity contribution is 5.81. The van der Waals surface area contributed by atoms with E-state index >= 15 is 0 Å². The number of carbonyl (C=O) groups excluding carboxylic acids is 1. The molecule has 0 spiro atoms. The number of nitrogens with two attached hydrogens (primary N) is 1. The Kier molecular flexibility index (Phi) is 5.36. The van der Waals surface area contributed by atoms with Crippen LogP contribution < -0.4 is 5.73 Å². The van der Waals surface area contributed by atoms with Gasteiger partial charge in [-0.15, -0.1) is 0 Å². The van der Waals surface area contributed by atoms with E-state index in [9.17, 15) is 4.79 Å². The van der Waals surface area contributed by atoms with Crippen LogP contribution in [0.1, 0.15) is 33.1 Å². The van der Waals surface area contributed by atoms with E-state index in [0.717, 1.165) is 6.42 Å². The van der Waals surface area contributed by atoms with Gasteiger partial charge in [0.15, 0.2) is 0 Å². The van der Waals surface area contributed by atoms with Crippen LogP contribution in [-0.2, 0) is 19.0 Å². The molecule has 3 unspecified atom stereocenters. The smallest absolute Gasteiger partial charge is 0.326 e. The summed E-state index contributed by atoms with van der Waals surface area (Å²) in [6.45, 7) is 4.64. The van der Waals surface area contributed by atoms with Crippen LogP contribution in [0.3, 0.4) is 0 Å². The second kappa shape index (κ2) is 6.33. The summed E-state index contributed by atoms with van der Waals surface area (Å²) in [6.07, 6.45) is 1.99. The first-order valence-corrected chi connectivity index (χ1v) is 6.12. The molecule has 2 N–H and O–H groups in total. The zero-order valence-electron chi connectivity index (χ0n) is 10.9. The number of carbonyl (C=O) groups is 1. The van der Waals surface area contributed by atoms with Crippen molar-refractivity contribution in [1.82, 2.24) is 0 Å². The summed E-state index contributed by atoms with van der Waals surface area (Å²) in [7, 11) is 1.64. The molecule has 1 saturated carbocycles. The molecule has 0 saturated heterocycles.